The van der Waals surface area contributed by atoms with Crippen molar-refractivity contribution in [1.82, 2.24) is 0 Å². The van der Waals surface area contributed by atoms with E-state index in [9.17, 15) is 8.78 Å². The zero-order valence-electron chi connectivity index (χ0n) is 10.5. The van der Waals surface area contributed by atoms with Crippen molar-refractivity contribution in [2.24, 2.45) is 5.73 Å². The van der Waals surface area contributed by atoms with Gasteiger partial charge in [-0.25, -0.2) is 8.78 Å². The molecule has 0 aliphatic carbocycles. The van der Waals surface area contributed by atoms with Crippen LogP contribution in [0.2, 0.25) is 0 Å². The summed E-state index contributed by atoms with van der Waals surface area (Å²) in [5.41, 5.74) is 7.25. The molecular weight excluding hydrogens is 312 g/mol. The van der Waals surface area contributed by atoms with E-state index >= 15 is 0 Å². The molecule has 0 fully saturated rings. The van der Waals surface area contributed by atoms with Gasteiger partial charge in [-0.1, -0.05) is 34.1 Å². The van der Waals surface area contributed by atoms with Gasteiger partial charge in [0.15, 0.2) is 11.6 Å². The summed E-state index contributed by atoms with van der Waals surface area (Å²) in [7, 11) is 0. The summed E-state index contributed by atoms with van der Waals surface area (Å²) in [6, 6.07) is 11.5. The lowest BCUT2D eigenvalue weighted by Crippen LogP contribution is -2.35. The van der Waals surface area contributed by atoms with Gasteiger partial charge in [0.25, 0.3) is 0 Å². The number of benzene rings is 2. The molecule has 4 heteroatoms. The lowest BCUT2D eigenvalue weighted by atomic mass is 9.86. The van der Waals surface area contributed by atoms with E-state index in [1.54, 1.807) is 6.07 Å². The van der Waals surface area contributed by atoms with Crippen LogP contribution in [0.4, 0.5) is 8.78 Å². The molecule has 0 heterocycles. The van der Waals surface area contributed by atoms with Gasteiger partial charge in [-0.15, -0.1) is 0 Å². The van der Waals surface area contributed by atoms with Gasteiger partial charge in [0, 0.05) is 10.0 Å². The van der Waals surface area contributed by atoms with Gasteiger partial charge in [0.1, 0.15) is 0 Å². The third kappa shape index (κ3) is 3.39. The third-order valence-corrected chi connectivity index (χ3v) is 3.53. The quantitative estimate of drug-likeness (QED) is 0.901. The molecule has 0 aliphatic heterocycles. The SMILES string of the molecule is CC(N)(Cc1ccc(F)c(F)c1)c1cccc(Br)c1. The van der Waals surface area contributed by atoms with Gasteiger partial charge >= 0.3 is 0 Å². The molecule has 1 atom stereocenters. The van der Waals surface area contributed by atoms with Crippen molar-refractivity contribution in [2.45, 2.75) is 18.9 Å². The Morgan fingerprint density at radius 1 is 1.11 bits per heavy atom. The smallest absolute Gasteiger partial charge is 0.159 e. The minimum Gasteiger partial charge on any atom is -0.321 e. The molecule has 2 aromatic carbocycles. The summed E-state index contributed by atoms with van der Waals surface area (Å²) in [6.07, 6.45) is 0.431. The van der Waals surface area contributed by atoms with E-state index in [4.69, 9.17) is 5.73 Å². The molecule has 2 aromatic rings. The predicted octanol–water partition coefficient (Wildman–Crippen LogP) is 4.14. The molecule has 0 saturated carbocycles. The molecule has 0 saturated heterocycles. The highest BCUT2D eigenvalue weighted by atomic mass is 79.9. The van der Waals surface area contributed by atoms with Crippen molar-refractivity contribution in [1.29, 1.82) is 0 Å². The molecule has 2 rings (SSSR count). The van der Waals surface area contributed by atoms with Gasteiger partial charge in [-0.05, 0) is 48.7 Å². The highest BCUT2D eigenvalue weighted by Gasteiger charge is 2.22. The summed E-state index contributed by atoms with van der Waals surface area (Å²) < 4.78 is 27.0. The molecule has 0 bridgehead atoms. The van der Waals surface area contributed by atoms with E-state index in [2.05, 4.69) is 15.9 Å². The fourth-order valence-electron chi connectivity index (χ4n) is 2.02. The van der Waals surface area contributed by atoms with Crippen LogP contribution >= 0.6 is 15.9 Å². The summed E-state index contributed by atoms with van der Waals surface area (Å²) in [5, 5.41) is 0. The molecule has 19 heavy (non-hydrogen) atoms. The number of rotatable bonds is 3. The number of hydrogen-bond donors (Lipinski definition) is 1. The molecule has 0 spiro atoms. The van der Waals surface area contributed by atoms with Gasteiger partial charge in [-0.3, -0.25) is 0 Å². The molecular formula is C15H14BrF2N. The number of hydrogen-bond acceptors (Lipinski definition) is 1. The first-order chi connectivity index (χ1) is 8.88. The van der Waals surface area contributed by atoms with E-state index in [-0.39, 0.29) is 0 Å². The second kappa shape index (κ2) is 5.39. The highest BCUT2D eigenvalue weighted by molar-refractivity contribution is 9.10. The maximum atomic E-state index is 13.2. The normalized spacial score (nSPS) is 14.2. The highest BCUT2D eigenvalue weighted by Crippen LogP contribution is 2.25. The van der Waals surface area contributed by atoms with Gasteiger partial charge in [0.05, 0.1) is 0 Å². The Hall–Kier alpha value is -1.26. The summed E-state index contributed by atoms with van der Waals surface area (Å²) >= 11 is 3.40. The fraction of sp³-hybridized carbons (Fsp3) is 0.200. The minimum absolute atomic E-state index is 0.431. The number of nitrogens with two attached hydrogens (primary N) is 1. The molecule has 100 valence electrons. The predicted molar refractivity (Wildman–Crippen MR) is 75.7 cm³/mol. The van der Waals surface area contributed by atoms with Crippen molar-refractivity contribution < 1.29 is 8.78 Å². The van der Waals surface area contributed by atoms with Crippen molar-refractivity contribution in [2.75, 3.05) is 0 Å². The molecule has 1 nitrogen and oxygen atoms in total. The first kappa shape index (κ1) is 14.2. The first-order valence-electron chi connectivity index (χ1n) is 5.87. The summed E-state index contributed by atoms with van der Waals surface area (Å²) in [4.78, 5) is 0. The lowest BCUT2D eigenvalue weighted by molar-refractivity contribution is 0.480. The molecule has 1 unspecified atom stereocenters. The standard InChI is InChI=1S/C15H14BrF2N/c1-15(19,11-3-2-4-12(16)8-11)9-10-5-6-13(17)14(18)7-10/h2-8H,9,19H2,1H3. The largest absolute Gasteiger partial charge is 0.321 e. The van der Waals surface area contributed by atoms with Gasteiger partial charge in [-0.2, -0.15) is 0 Å². The Bertz CT molecular complexity index is 596. The van der Waals surface area contributed by atoms with Crippen LogP contribution in [0.1, 0.15) is 18.1 Å². The zero-order chi connectivity index (χ0) is 14.0. The van der Waals surface area contributed by atoms with E-state index in [0.717, 1.165) is 16.1 Å². The third-order valence-electron chi connectivity index (χ3n) is 3.04. The van der Waals surface area contributed by atoms with Crippen molar-refractivity contribution >= 4 is 15.9 Å². The zero-order valence-corrected chi connectivity index (χ0v) is 12.0. The van der Waals surface area contributed by atoms with E-state index in [1.165, 1.54) is 6.07 Å². The molecule has 0 radical (unpaired) electrons. The van der Waals surface area contributed by atoms with Crippen molar-refractivity contribution in [3.8, 4) is 0 Å². The monoisotopic (exact) mass is 325 g/mol. The summed E-state index contributed by atoms with van der Waals surface area (Å²) in [5.74, 6) is -1.69. The second-order valence-electron chi connectivity index (χ2n) is 4.85. The fourth-order valence-corrected chi connectivity index (χ4v) is 2.42. The number of halogens is 3. The topological polar surface area (TPSA) is 26.0 Å². The Kier molecular flexibility index (Phi) is 4.02. The molecule has 0 aliphatic rings. The van der Waals surface area contributed by atoms with E-state index in [0.29, 0.717) is 12.0 Å². The Balaban J connectivity index is 2.27. The first-order valence-corrected chi connectivity index (χ1v) is 6.67. The van der Waals surface area contributed by atoms with E-state index < -0.39 is 17.2 Å². The molecule has 0 amide bonds. The van der Waals surface area contributed by atoms with Crippen LogP contribution in [-0.2, 0) is 12.0 Å². The van der Waals surface area contributed by atoms with Crippen LogP contribution in [0.3, 0.4) is 0 Å². The Morgan fingerprint density at radius 2 is 1.84 bits per heavy atom. The summed E-state index contributed by atoms with van der Waals surface area (Å²) in [6.45, 7) is 1.87. The van der Waals surface area contributed by atoms with Crippen LogP contribution in [0.25, 0.3) is 0 Å². The Morgan fingerprint density at radius 3 is 2.47 bits per heavy atom. The van der Waals surface area contributed by atoms with Crippen LogP contribution in [0, 0.1) is 11.6 Å². The van der Waals surface area contributed by atoms with Crippen molar-refractivity contribution in [3.05, 3.63) is 69.7 Å². The van der Waals surface area contributed by atoms with E-state index in [1.807, 2.05) is 31.2 Å². The average molecular weight is 326 g/mol. The maximum Gasteiger partial charge on any atom is 0.159 e. The van der Waals surface area contributed by atoms with Crippen LogP contribution < -0.4 is 5.73 Å². The van der Waals surface area contributed by atoms with Crippen LogP contribution in [0.5, 0.6) is 0 Å². The minimum atomic E-state index is -0.845. The second-order valence-corrected chi connectivity index (χ2v) is 5.77. The van der Waals surface area contributed by atoms with Gasteiger partial charge in [0.2, 0.25) is 0 Å². The Labute approximate surface area is 119 Å². The molecule has 2 N–H and O–H groups in total. The van der Waals surface area contributed by atoms with Crippen LogP contribution in [-0.4, -0.2) is 0 Å². The average Bonchev–Trinajstić information content (AvgIpc) is 2.33. The van der Waals surface area contributed by atoms with Crippen molar-refractivity contribution in [3.63, 3.8) is 0 Å². The lowest BCUT2D eigenvalue weighted by Gasteiger charge is -2.25. The van der Waals surface area contributed by atoms with Crippen LogP contribution in [0.15, 0.2) is 46.9 Å². The van der Waals surface area contributed by atoms with Gasteiger partial charge < -0.3 is 5.73 Å². The maximum absolute atomic E-state index is 13.2. The molecule has 0 aromatic heterocycles.